The molecule has 12 heteroatoms. The second-order valence-electron chi connectivity index (χ2n) is 9.55. The fraction of sp³-hybridized carbons (Fsp3) is 0.393. The number of alkyl carbamates (subject to hydrolysis) is 1. The van der Waals surface area contributed by atoms with Gasteiger partial charge >= 0.3 is 6.09 Å². The molecule has 0 radical (unpaired) electrons. The molecule has 1 fully saturated rings. The van der Waals surface area contributed by atoms with Crippen molar-refractivity contribution in [3.8, 4) is 0 Å². The van der Waals surface area contributed by atoms with Gasteiger partial charge < -0.3 is 14.5 Å². The normalized spacial score (nSPS) is 15.3. The minimum absolute atomic E-state index is 0.0286. The quantitative estimate of drug-likeness (QED) is 0.191. The van der Waals surface area contributed by atoms with E-state index >= 15 is 0 Å². The summed E-state index contributed by atoms with van der Waals surface area (Å²) in [6.45, 7) is 3.44. The first-order valence-electron chi connectivity index (χ1n) is 13.2. The summed E-state index contributed by atoms with van der Waals surface area (Å²) >= 11 is 0. The first-order valence-corrected chi connectivity index (χ1v) is 15.0. The molecule has 1 aliphatic rings. The van der Waals surface area contributed by atoms with Crippen LogP contribution < -0.4 is 10.6 Å². The zero-order chi connectivity index (χ0) is 28.7. The Balaban J connectivity index is 1.63. The molecule has 1 heterocycles. The van der Waals surface area contributed by atoms with Crippen molar-refractivity contribution in [1.82, 2.24) is 15.6 Å². The number of ketones is 1. The number of carbonyl (C=O) groups is 3. The number of sulfone groups is 1. The van der Waals surface area contributed by atoms with E-state index in [4.69, 9.17) is 9.15 Å². The van der Waals surface area contributed by atoms with Crippen LogP contribution in [0.3, 0.4) is 0 Å². The Morgan fingerprint density at radius 3 is 2.42 bits per heavy atom. The molecule has 212 valence electrons. The number of hydrogen-bond donors (Lipinski definition) is 2. The largest absolute Gasteiger partial charge is 0.450 e. The van der Waals surface area contributed by atoms with E-state index in [0.717, 1.165) is 12.8 Å². The third-order valence-electron chi connectivity index (χ3n) is 6.27. The Labute approximate surface area is 232 Å². The number of aliphatic imine (C=N–C) groups is 1. The Kier molecular flexibility index (Phi) is 9.30. The van der Waals surface area contributed by atoms with Crippen molar-refractivity contribution in [2.45, 2.75) is 45.2 Å². The van der Waals surface area contributed by atoms with Crippen LogP contribution in [-0.4, -0.2) is 67.2 Å². The van der Waals surface area contributed by atoms with Crippen molar-refractivity contribution in [3.63, 3.8) is 0 Å². The maximum Gasteiger partial charge on any atom is 0.412 e. The molecule has 2 atom stereocenters. The minimum atomic E-state index is -3.69. The molecule has 40 heavy (non-hydrogen) atoms. The van der Waals surface area contributed by atoms with Gasteiger partial charge in [-0.3, -0.25) is 19.9 Å². The lowest BCUT2D eigenvalue weighted by Gasteiger charge is -2.20. The second-order valence-corrected chi connectivity index (χ2v) is 11.7. The molecule has 0 saturated heterocycles. The Bertz CT molecular complexity index is 1460. The number of amidine groups is 1. The van der Waals surface area contributed by atoms with E-state index in [-0.39, 0.29) is 36.4 Å². The number of fused-ring (bicyclic) bond motifs is 1. The summed E-state index contributed by atoms with van der Waals surface area (Å²) in [7, 11) is -3.69. The number of Topliss-reactive ketones (excluding diaryl/α,β-unsaturated/α-hetero) is 1. The maximum atomic E-state index is 13.5. The van der Waals surface area contributed by atoms with E-state index in [0.29, 0.717) is 16.7 Å². The highest BCUT2D eigenvalue weighted by molar-refractivity contribution is 7.91. The smallest absolute Gasteiger partial charge is 0.412 e. The summed E-state index contributed by atoms with van der Waals surface area (Å²) in [6, 6.07) is 12.9. The minimum Gasteiger partial charge on any atom is -0.450 e. The lowest BCUT2D eigenvalue weighted by Crippen LogP contribution is -2.47. The van der Waals surface area contributed by atoms with Crippen LogP contribution in [0.15, 0.2) is 64.0 Å². The summed E-state index contributed by atoms with van der Waals surface area (Å²) in [6.07, 6.45) is 1.02. The van der Waals surface area contributed by atoms with Crippen molar-refractivity contribution in [3.05, 3.63) is 66.1 Å². The van der Waals surface area contributed by atoms with Crippen molar-refractivity contribution in [2.24, 2.45) is 10.9 Å². The van der Waals surface area contributed by atoms with Crippen LogP contribution in [0.4, 0.5) is 4.79 Å². The number of carbonyl (C=O) groups excluding carboxylic acids is 3. The number of nitrogens with zero attached hydrogens (tertiary/aromatic N) is 2. The van der Waals surface area contributed by atoms with Crippen LogP contribution >= 0.6 is 0 Å². The Hall–Kier alpha value is -4.06. The number of benzene rings is 2. The van der Waals surface area contributed by atoms with Gasteiger partial charge in [-0.25, -0.2) is 18.2 Å². The molecule has 0 unspecified atom stereocenters. The monoisotopic (exact) mass is 568 g/mol. The van der Waals surface area contributed by atoms with Crippen LogP contribution in [0, 0.1) is 5.92 Å². The molecule has 1 aromatic heterocycles. The van der Waals surface area contributed by atoms with Crippen LogP contribution in [0.25, 0.3) is 11.1 Å². The molecule has 1 aliphatic carbocycles. The summed E-state index contributed by atoms with van der Waals surface area (Å²) in [5.41, 5.74) is 1.37. The lowest BCUT2D eigenvalue weighted by molar-refractivity contribution is -0.122. The van der Waals surface area contributed by atoms with Crippen molar-refractivity contribution in [2.75, 3.05) is 18.1 Å². The summed E-state index contributed by atoms with van der Waals surface area (Å²) in [5, 5.41) is 5.14. The van der Waals surface area contributed by atoms with Crippen LogP contribution in [-0.2, 0) is 19.4 Å². The summed E-state index contributed by atoms with van der Waals surface area (Å²) in [4.78, 5) is 47.6. The molecule has 1 saturated carbocycles. The summed E-state index contributed by atoms with van der Waals surface area (Å²) < 4.78 is 36.5. The average molecular weight is 569 g/mol. The van der Waals surface area contributed by atoms with Gasteiger partial charge in [-0.15, -0.1) is 0 Å². The lowest BCUT2D eigenvalue weighted by atomic mass is 10.1. The van der Waals surface area contributed by atoms with E-state index in [2.05, 4.69) is 20.6 Å². The molecule has 2 amide bonds. The number of nitrogens with one attached hydrogen (secondary N) is 2. The molecular weight excluding hydrogens is 536 g/mol. The van der Waals surface area contributed by atoms with Crippen molar-refractivity contribution in [1.29, 1.82) is 0 Å². The number of rotatable bonds is 12. The SMILES string of the molecule is CCOC(=O)NC(=N[C@@H](CS(=O)(=O)CC1CC1)C(=O)N[C@@H](CC)C(=O)c1nc2ccccc2o1)c1ccccc1. The van der Waals surface area contributed by atoms with E-state index < -0.39 is 45.5 Å². The van der Waals surface area contributed by atoms with E-state index in [1.165, 1.54) is 0 Å². The zero-order valence-electron chi connectivity index (χ0n) is 22.3. The van der Waals surface area contributed by atoms with Crippen LogP contribution in [0.2, 0.25) is 0 Å². The van der Waals surface area contributed by atoms with Gasteiger partial charge in [-0.2, -0.15) is 0 Å². The summed E-state index contributed by atoms with van der Waals surface area (Å²) in [5.74, 6) is -2.12. The van der Waals surface area contributed by atoms with Gasteiger partial charge in [0.05, 0.1) is 24.2 Å². The Morgan fingerprint density at radius 1 is 1.07 bits per heavy atom. The molecule has 11 nitrogen and oxygen atoms in total. The van der Waals surface area contributed by atoms with Gasteiger partial charge in [-0.05, 0) is 44.2 Å². The van der Waals surface area contributed by atoms with Crippen molar-refractivity contribution >= 4 is 44.6 Å². The third-order valence-corrected chi connectivity index (χ3v) is 8.08. The number of hydrogen-bond acceptors (Lipinski definition) is 9. The highest BCUT2D eigenvalue weighted by Crippen LogP contribution is 2.30. The van der Waals surface area contributed by atoms with Gasteiger partial charge in [0.1, 0.15) is 17.4 Å². The number of ether oxygens (including phenoxy) is 1. The Morgan fingerprint density at radius 2 is 1.77 bits per heavy atom. The molecule has 0 aliphatic heterocycles. The highest BCUT2D eigenvalue weighted by atomic mass is 32.2. The number of aromatic nitrogens is 1. The second kappa shape index (κ2) is 12.9. The molecule has 2 aromatic carbocycles. The molecule has 3 aromatic rings. The van der Waals surface area contributed by atoms with Gasteiger partial charge in [0.2, 0.25) is 11.7 Å². The van der Waals surface area contributed by atoms with E-state index in [1.54, 1.807) is 68.4 Å². The molecule has 4 rings (SSSR count). The first kappa shape index (κ1) is 28.9. The van der Waals surface area contributed by atoms with E-state index in [9.17, 15) is 22.8 Å². The molecule has 0 bridgehead atoms. The average Bonchev–Trinajstić information content (AvgIpc) is 3.63. The van der Waals surface area contributed by atoms with E-state index in [1.807, 2.05) is 0 Å². The maximum absolute atomic E-state index is 13.5. The fourth-order valence-electron chi connectivity index (χ4n) is 4.07. The van der Waals surface area contributed by atoms with Crippen molar-refractivity contribution < 1.29 is 32.0 Å². The number of amides is 2. The highest BCUT2D eigenvalue weighted by Gasteiger charge is 2.34. The van der Waals surface area contributed by atoms with Crippen LogP contribution in [0.1, 0.15) is 49.4 Å². The van der Waals surface area contributed by atoms with Gasteiger partial charge in [-0.1, -0.05) is 49.4 Å². The van der Waals surface area contributed by atoms with Gasteiger partial charge in [0, 0.05) is 5.56 Å². The van der Waals surface area contributed by atoms with Crippen LogP contribution in [0.5, 0.6) is 0 Å². The zero-order valence-corrected chi connectivity index (χ0v) is 23.1. The number of oxazole rings is 1. The predicted octanol–water partition coefficient (Wildman–Crippen LogP) is 3.29. The topological polar surface area (TPSA) is 157 Å². The van der Waals surface area contributed by atoms with Gasteiger partial charge in [0.15, 0.2) is 15.4 Å². The standard InChI is InChI=1S/C28H32N4O7S/c1-3-20(24(33)27-31-21-12-8-9-13-23(21)39-27)30-26(34)22(17-40(36,37)16-18-14-15-18)29-25(32-28(35)38-4-2)19-10-6-5-7-11-19/h5-13,18,20,22H,3-4,14-17H2,1-2H3,(H,30,34)(H,29,32,35)/t20-,22-/m0/s1. The predicted molar refractivity (Wildman–Crippen MR) is 149 cm³/mol. The first-order chi connectivity index (χ1) is 19.2. The molecular formula is C28H32N4O7S. The molecule has 2 N–H and O–H groups in total. The molecule has 0 spiro atoms. The van der Waals surface area contributed by atoms with Gasteiger partial charge in [0.25, 0.3) is 5.89 Å². The number of para-hydroxylation sites is 2. The fourth-order valence-corrected chi connectivity index (χ4v) is 5.96. The third kappa shape index (κ3) is 7.75.